The van der Waals surface area contributed by atoms with Gasteiger partial charge in [-0.15, -0.1) is 11.8 Å². The van der Waals surface area contributed by atoms with Crippen molar-refractivity contribution in [3.8, 4) is 5.75 Å². The molecule has 0 amide bonds. The van der Waals surface area contributed by atoms with Gasteiger partial charge in [0.15, 0.2) is 5.75 Å². The first kappa shape index (κ1) is 14.1. The molecule has 1 aromatic rings. The number of ether oxygens (including phenoxy) is 1. The maximum Gasteiger partial charge on any atom is 0.312 e. The van der Waals surface area contributed by atoms with Gasteiger partial charge < -0.3 is 4.74 Å². The number of nitro benzene ring substituents is 1. The smallest absolute Gasteiger partial charge is 0.312 e. The monoisotopic (exact) mass is 304 g/mol. The summed E-state index contributed by atoms with van der Waals surface area (Å²) in [5.74, 6) is 1.15. The average molecular weight is 304 g/mol. The van der Waals surface area contributed by atoms with Crippen molar-refractivity contribution in [1.82, 2.24) is 4.31 Å². The molecule has 1 saturated heterocycles. The number of rotatable bonds is 4. The van der Waals surface area contributed by atoms with Gasteiger partial charge in [0.1, 0.15) is 0 Å². The molecule has 19 heavy (non-hydrogen) atoms. The van der Waals surface area contributed by atoms with Crippen molar-refractivity contribution < 1.29 is 18.1 Å². The Morgan fingerprint density at radius 3 is 2.74 bits per heavy atom. The van der Waals surface area contributed by atoms with Crippen LogP contribution >= 0.6 is 11.8 Å². The van der Waals surface area contributed by atoms with E-state index in [1.807, 2.05) is 0 Å². The van der Waals surface area contributed by atoms with Crippen molar-refractivity contribution in [3.63, 3.8) is 0 Å². The summed E-state index contributed by atoms with van der Waals surface area (Å²) in [4.78, 5) is 10.2. The van der Waals surface area contributed by atoms with E-state index >= 15 is 0 Å². The molecule has 0 aromatic heterocycles. The molecular formula is C10H12N2O5S2. The van der Waals surface area contributed by atoms with Crippen LogP contribution in [0.15, 0.2) is 23.1 Å². The van der Waals surface area contributed by atoms with Crippen LogP contribution in [0, 0.1) is 10.1 Å². The van der Waals surface area contributed by atoms with Gasteiger partial charge in [-0.05, 0) is 12.1 Å². The lowest BCUT2D eigenvalue weighted by Gasteiger charge is -2.14. The van der Waals surface area contributed by atoms with Crippen LogP contribution in [0.4, 0.5) is 5.69 Å². The Bertz CT molecular complexity index is 596. The fourth-order valence-electron chi connectivity index (χ4n) is 1.71. The van der Waals surface area contributed by atoms with Crippen LogP contribution in [0.25, 0.3) is 0 Å². The Balaban J connectivity index is 2.45. The lowest BCUT2D eigenvalue weighted by Crippen LogP contribution is -2.28. The van der Waals surface area contributed by atoms with E-state index in [1.54, 1.807) is 0 Å². The summed E-state index contributed by atoms with van der Waals surface area (Å²) >= 11 is 1.51. The third-order valence-corrected chi connectivity index (χ3v) is 5.68. The van der Waals surface area contributed by atoms with Gasteiger partial charge >= 0.3 is 5.69 Å². The predicted octanol–water partition coefficient (Wildman–Crippen LogP) is 1.30. The minimum atomic E-state index is -3.67. The maximum absolute atomic E-state index is 12.3. The molecule has 1 aromatic carbocycles. The van der Waals surface area contributed by atoms with Gasteiger partial charge in [-0.3, -0.25) is 10.1 Å². The van der Waals surface area contributed by atoms with E-state index in [9.17, 15) is 18.5 Å². The summed E-state index contributed by atoms with van der Waals surface area (Å²) in [6.45, 7) is 0.423. The summed E-state index contributed by atoms with van der Waals surface area (Å²) in [6, 6.07) is 3.66. The van der Waals surface area contributed by atoms with Crippen molar-refractivity contribution in [1.29, 1.82) is 0 Å². The lowest BCUT2D eigenvalue weighted by molar-refractivity contribution is -0.386. The van der Waals surface area contributed by atoms with E-state index in [1.165, 1.54) is 35.3 Å². The molecule has 0 saturated carbocycles. The van der Waals surface area contributed by atoms with Gasteiger partial charge in [0.2, 0.25) is 10.0 Å². The maximum atomic E-state index is 12.3. The lowest BCUT2D eigenvalue weighted by atomic mass is 10.3. The van der Waals surface area contributed by atoms with Crippen LogP contribution in [0.2, 0.25) is 0 Å². The second-order valence-corrected chi connectivity index (χ2v) is 6.82. The van der Waals surface area contributed by atoms with Gasteiger partial charge in [0, 0.05) is 18.4 Å². The van der Waals surface area contributed by atoms with E-state index < -0.39 is 14.9 Å². The number of methoxy groups -OCH3 is 1. The van der Waals surface area contributed by atoms with Gasteiger partial charge in [-0.1, -0.05) is 0 Å². The Morgan fingerprint density at radius 1 is 1.47 bits per heavy atom. The zero-order valence-corrected chi connectivity index (χ0v) is 11.7. The zero-order valence-electron chi connectivity index (χ0n) is 10.1. The Morgan fingerprint density at radius 2 is 2.21 bits per heavy atom. The van der Waals surface area contributed by atoms with Crippen LogP contribution in [-0.4, -0.2) is 42.9 Å². The van der Waals surface area contributed by atoms with Crippen LogP contribution in [0.3, 0.4) is 0 Å². The molecule has 7 nitrogen and oxygen atoms in total. The first-order chi connectivity index (χ1) is 8.96. The second kappa shape index (κ2) is 5.35. The fraction of sp³-hybridized carbons (Fsp3) is 0.400. The molecule has 9 heteroatoms. The third kappa shape index (κ3) is 2.67. The molecule has 0 spiro atoms. The normalized spacial score (nSPS) is 16.5. The SMILES string of the molecule is COc1ccc(S(=O)(=O)N2CCSC2)cc1[N+](=O)[O-]. The summed E-state index contributed by atoms with van der Waals surface area (Å²) in [5, 5.41) is 10.9. The quantitative estimate of drug-likeness (QED) is 0.615. The topological polar surface area (TPSA) is 89.8 Å². The van der Waals surface area contributed by atoms with Gasteiger partial charge in [-0.2, -0.15) is 4.31 Å². The summed E-state index contributed by atoms with van der Waals surface area (Å²) in [7, 11) is -2.37. The first-order valence-corrected chi connectivity index (χ1v) is 7.96. The number of hydrogen-bond donors (Lipinski definition) is 0. The molecule has 104 valence electrons. The largest absolute Gasteiger partial charge is 0.490 e. The predicted molar refractivity (Wildman–Crippen MR) is 70.9 cm³/mol. The van der Waals surface area contributed by atoms with Crippen LogP contribution in [0.1, 0.15) is 0 Å². The molecular weight excluding hydrogens is 292 g/mol. The molecule has 0 N–H and O–H groups in total. The van der Waals surface area contributed by atoms with Crippen molar-refractivity contribution in [2.24, 2.45) is 0 Å². The number of sulfonamides is 1. The molecule has 2 rings (SSSR count). The van der Waals surface area contributed by atoms with Crippen LogP contribution in [0.5, 0.6) is 5.75 Å². The van der Waals surface area contributed by atoms with Crippen molar-refractivity contribution >= 4 is 27.5 Å². The number of hydrogen-bond acceptors (Lipinski definition) is 6. The molecule has 0 bridgehead atoms. The number of thioether (sulfide) groups is 1. The minimum absolute atomic E-state index is 0.0414. The van der Waals surface area contributed by atoms with Crippen molar-refractivity contribution in [2.75, 3.05) is 25.3 Å². The van der Waals surface area contributed by atoms with Gasteiger partial charge in [0.25, 0.3) is 0 Å². The standard InChI is InChI=1S/C10H12N2O5S2/c1-17-10-3-2-8(6-9(10)12(13)14)19(15,16)11-4-5-18-7-11/h2-3,6H,4-5,7H2,1H3. The molecule has 0 atom stereocenters. The first-order valence-electron chi connectivity index (χ1n) is 5.37. The second-order valence-electron chi connectivity index (χ2n) is 3.81. The van der Waals surface area contributed by atoms with Crippen molar-refractivity contribution in [3.05, 3.63) is 28.3 Å². The number of nitrogens with zero attached hydrogens (tertiary/aromatic N) is 2. The van der Waals surface area contributed by atoms with Gasteiger partial charge in [0.05, 0.1) is 22.8 Å². The molecule has 1 heterocycles. The minimum Gasteiger partial charge on any atom is -0.490 e. The molecule has 1 aliphatic heterocycles. The zero-order chi connectivity index (χ0) is 14.0. The fourth-order valence-corrected chi connectivity index (χ4v) is 4.54. The van der Waals surface area contributed by atoms with E-state index in [0.29, 0.717) is 12.4 Å². The Kier molecular flexibility index (Phi) is 3.97. The van der Waals surface area contributed by atoms with E-state index in [2.05, 4.69) is 0 Å². The summed E-state index contributed by atoms with van der Waals surface area (Å²) < 4.78 is 30.7. The molecule has 0 radical (unpaired) electrons. The van der Waals surface area contributed by atoms with Crippen LogP contribution < -0.4 is 4.74 Å². The van der Waals surface area contributed by atoms with Crippen molar-refractivity contribution in [2.45, 2.75) is 4.90 Å². The number of benzene rings is 1. The van der Waals surface area contributed by atoms with E-state index in [-0.39, 0.29) is 16.3 Å². The highest BCUT2D eigenvalue weighted by Gasteiger charge is 2.29. The Hall–Kier alpha value is -1.32. The molecule has 1 fully saturated rings. The highest BCUT2D eigenvalue weighted by molar-refractivity contribution is 8.00. The number of nitro groups is 1. The highest BCUT2D eigenvalue weighted by atomic mass is 32.2. The molecule has 0 aliphatic carbocycles. The third-order valence-electron chi connectivity index (χ3n) is 2.71. The Labute approximate surface area is 114 Å². The highest BCUT2D eigenvalue weighted by Crippen LogP contribution is 2.31. The van der Waals surface area contributed by atoms with Crippen LogP contribution in [-0.2, 0) is 10.0 Å². The summed E-state index contributed by atoms with van der Waals surface area (Å²) in [5.41, 5.74) is -0.351. The summed E-state index contributed by atoms with van der Waals surface area (Å²) in [6.07, 6.45) is 0. The molecule has 0 unspecified atom stereocenters. The van der Waals surface area contributed by atoms with E-state index in [4.69, 9.17) is 4.74 Å². The van der Waals surface area contributed by atoms with Gasteiger partial charge in [-0.25, -0.2) is 8.42 Å². The molecule has 1 aliphatic rings. The van der Waals surface area contributed by atoms with E-state index in [0.717, 1.165) is 11.8 Å². The average Bonchev–Trinajstić information content (AvgIpc) is 2.92.